The van der Waals surface area contributed by atoms with Crippen molar-refractivity contribution in [2.24, 2.45) is 0 Å². The highest BCUT2D eigenvalue weighted by atomic mass is 16.6. The fourth-order valence-corrected chi connectivity index (χ4v) is 2.89. The molecule has 0 atom stereocenters. The largest absolute Gasteiger partial charge is 0.379 e. The van der Waals surface area contributed by atoms with E-state index in [1.54, 1.807) is 18.2 Å². The van der Waals surface area contributed by atoms with Crippen LogP contribution in [0.3, 0.4) is 0 Å². The molecule has 9 heteroatoms. The van der Waals surface area contributed by atoms with Gasteiger partial charge in [0.25, 0.3) is 11.6 Å². The maximum Gasteiger partial charge on any atom is 0.292 e. The van der Waals surface area contributed by atoms with Crippen molar-refractivity contribution in [3.63, 3.8) is 0 Å². The summed E-state index contributed by atoms with van der Waals surface area (Å²) in [4.78, 5) is 27.6. The molecule has 0 aliphatic heterocycles. The number of nitro benzene ring substituents is 1. The number of para-hydroxylation sites is 3. The smallest absolute Gasteiger partial charge is 0.292 e. The number of aryl methyl sites for hydroxylation is 1. The maximum atomic E-state index is 12.5. The molecule has 3 rings (SSSR count). The van der Waals surface area contributed by atoms with Crippen molar-refractivity contribution in [1.29, 1.82) is 0 Å². The first-order valence-corrected chi connectivity index (χ1v) is 9.57. The van der Waals surface area contributed by atoms with Crippen LogP contribution in [0.1, 0.15) is 37.6 Å². The van der Waals surface area contributed by atoms with E-state index in [4.69, 9.17) is 4.52 Å². The number of hydrogen-bond acceptors (Lipinski definition) is 7. The Hall–Kier alpha value is -3.75. The molecule has 3 aromatic rings. The molecule has 0 unspecified atom stereocenters. The minimum absolute atomic E-state index is 0.0311. The van der Waals surface area contributed by atoms with Crippen molar-refractivity contribution in [1.82, 2.24) is 10.1 Å². The van der Waals surface area contributed by atoms with Gasteiger partial charge in [0.2, 0.25) is 5.91 Å². The minimum atomic E-state index is -0.460. The SMILES string of the molecule is Cc1cccc(-c2nc(C(C)C)no2)c1NC(=O)CCNc1ccccc1[N+](=O)[O-]. The molecule has 0 radical (unpaired) electrons. The van der Waals surface area contributed by atoms with Crippen molar-refractivity contribution < 1.29 is 14.2 Å². The number of carbonyl (C=O) groups excluding carboxylic acids is 1. The topological polar surface area (TPSA) is 123 Å². The summed E-state index contributed by atoms with van der Waals surface area (Å²) in [6, 6.07) is 11.9. The Balaban J connectivity index is 1.69. The number of anilines is 2. The van der Waals surface area contributed by atoms with Gasteiger partial charge in [-0.25, -0.2) is 0 Å². The predicted molar refractivity (Wildman–Crippen MR) is 113 cm³/mol. The quantitative estimate of drug-likeness (QED) is 0.414. The molecule has 0 fully saturated rings. The molecular weight excluding hydrogens is 386 g/mol. The fraction of sp³-hybridized carbons (Fsp3) is 0.286. The standard InChI is InChI=1S/C21H23N5O4/c1-13(2)20-24-21(30-25-20)15-8-6-7-14(3)19(15)23-18(27)11-12-22-16-9-4-5-10-17(16)26(28)29/h4-10,13,22H,11-12H2,1-3H3,(H,23,27). The van der Waals surface area contributed by atoms with Gasteiger partial charge in [-0.1, -0.05) is 43.3 Å². The van der Waals surface area contributed by atoms with Gasteiger partial charge in [0.1, 0.15) is 5.69 Å². The molecule has 0 aliphatic carbocycles. The van der Waals surface area contributed by atoms with Crippen LogP contribution in [0.25, 0.3) is 11.5 Å². The zero-order valence-electron chi connectivity index (χ0n) is 17.0. The van der Waals surface area contributed by atoms with Crippen molar-refractivity contribution in [3.8, 4) is 11.5 Å². The van der Waals surface area contributed by atoms with Crippen LogP contribution in [0.2, 0.25) is 0 Å². The van der Waals surface area contributed by atoms with Crippen LogP contribution >= 0.6 is 0 Å². The highest BCUT2D eigenvalue weighted by molar-refractivity contribution is 5.96. The number of aromatic nitrogens is 2. The monoisotopic (exact) mass is 409 g/mol. The van der Waals surface area contributed by atoms with E-state index in [0.717, 1.165) is 5.56 Å². The highest BCUT2D eigenvalue weighted by Gasteiger charge is 2.18. The predicted octanol–water partition coefficient (Wildman–Crippen LogP) is 4.52. The third-order valence-electron chi connectivity index (χ3n) is 4.49. The molecule has 30 heavy (non-hydrogen) atoms. The molecule has 2 N–H and O–H groups in total. The second kappa shape index (κ2) is 9.17. The lowest BCUT2D eigenvalue weighted by atomic mass is 10.1. The number of nitro groups is 1. The first-order valence-electron chi connectivity index (χ1n) is 9.57. The summed E-state index contributed by atoms with van der Waals surface area (Å²) < 4.78 is 5.38. The van der Waals surface area contributed by atoms with Gasteiger partial charge < -0.3 is 15.2 Å². The van der Waals surface area contributed by atoms with Crippen molar-refractivity contribution in [3.05, 3.63) is 64.0 Å². The summed E-state index contributed by atoms with van der Waals surface area (Å²) in [6.45, 7) is 6.07. The normalized spacial score (nSPS) is 10.8. The molecule has 0 spiro atoms. The fourth-order valence-electron chi connectivity index (χ4n) is 2.89. The third-order valence-corrected chi connectivity index (χ3v) is 4.49. The maximum absolute atomic E-state index is 12.5. The number of rotatable bonds is 8. The average Bonchev–Trinajstić information content (AvgIpc) is 3.20. The zero-order valence-corrected chi connectivity index (χ0v) is 17.0. The lowest BCUT2D eigenvalue weighted by Gasteiger charge is -2.12. The number of nitrogens with one attached hydrogen (secondary N) is 2. The summed E-state index contributed by atoms with van der Waals surface area (Å²) in [5.74, 6) is 0.826. The van der Waals surface area contributed by atoms with Gasteiger partial charge in [-0.3, -0.25) is 14.9 Å². The van der Waals surface area contributed by atoms with Crippen molar-refractivity contribution >= 4 is 23.0 Å². The first-order chi connectivity index (χ1) is 14.4. The lowest BCUT2D eigenvalue weighted by Crippen LogP contribution is -2.17. The molecule has 0 aliphatic rings. The van der Waals surface area contributed by atoms with E-state index in [2.05, 4.69) is 20.8 Å². The summed E-state index contributed by atoms with van der Waals surface area (Å²) in [5, 5.41) is 20.9. The second-order valence-corrected chi connectivity index (χ2v) is 7.11. The van der Waals surface area contributed by atoms with Crippen LogP contribution in [0.5, 0.6) is 0 Å². The van der Waals surface area contributed by atoms with E-state index in [0.29, 0.717) is 28.7 Å². The van der Waals surface area contributed by atoms with Crippen LogP contribution in [0, 0.1) is 17.0 Å². The van der Waals surface area contributed by atoms with E-state index in [1.165, 1.54) is 6.07 Å². The first kappa shape index (κ1) is 21.0. The Morgan fingerprint density at radius 2 is 1.97 bits per heavy atom. The van der Waals surface area contributed by atoms with E-state index >= 15 is 0 Å². The molecule has 1 amide bonds. The Kier molecular flexibility index (Phi) is 6.41. The molecule has 156 valence electrons. The number of benzene rings is 2. The van der Waals surface area contributed by atoms with Gasteiger partial charge in [0, 0.05) is 24.9 Å². The lowest BCUT2D eigenvalue weighted by molar-refractivity contribution is -0.384. The van der Waals surface area contributed by atoms with Crippen molar-refractivity contribution in [2.75, 3.05) is 17.2 Å². The van der Waals surface area contributed by atoms with Gasteiger partial charge in [-0.15, -0.1) is 0 Å². The molecular formula is C21H23N5O4. The van der Waals surface area contributed by atoms with Gasteiger partial charge in [-0.2, -0.15) is 4.98 Å². The van der Waals surface area contributed by atoms with E-state index in [1.807, 2.05) is 39.0 Å². The number of amides is 1. The number of carbonyl (C=O) groups is 1. The Bertz CT molecular complexity index is 1060. The molecule has 9 nitrogen and oxygen atoms in total. The van der Waals surface area contributed by atoms with E-state index < -0.39 is 4.92 Å². The van der Waals surface area contributed by atoms with Crippen LogP contribution in [0.4, 0.5) is 17.1 Å². The molecule has 2 aromatic carbocycles. The van der Waals surface area contributed by atoms with Gasteiger partial charge in [-0.05, 0) is 24.6 Å². The van der Waals surface area contributed by atoms with Crippen LogP contribution in [-0.2, 0) is 4.79 Å². The van der Waals surface area contributed by atoms with Crippen molar-refractivity contribution in [2.45, 2.75) is 33.1 Å². The van der Waals surface area contributed by atoms with Gasteiger partial charge in [0.05, 0.1) is 16.2 Å². The van der Waals surface area contributed by atoms with E-state index in [-0.39, 0.29) is 30.5 Å². The Labute approximate surface area is 173 Å². The van der Waals surface area contributed by atoms with Gasteiger partial charge in [0.15, 0.2) is 5.82 Å². The molecule has 1 heterocycles. The second-order valence-electron chi connectivity index (χ2n) is 7.11. The summed E-state index contributed by atoms with van der Waals surface area (Å²) in [5.41, 5.74) is 2.45. The minimum Gasteiger partial charge on any atom is -0.379 e. The number of nitrogens with zero attached hydrogens (tertiary/aromatic N) is 3. The third kappa shape index (κ3) is 4.80. The summed E-state index contributed by atoms with van der Waals surface area (Å²) in [6.07, 6.45) is 0.126. The molecule has 1 aromatic heterocycles. The Morgan fingerprint density at radius 3 is 2.67 bits per heavy atom. The summed E-state index contributed by atoms with van der Waals surface area (Å²) >= 11 is 0. The van der Waals surface area contributed by atoms with Crippen LogP contribution < -0.4 is 10.6 Å². The molecule has 0 bridgehead atoms. The zero-order chi connectivity index (χ0) is 21.7. The highest BCUT2D eigenvalue weighted by Crippen LogP contribution is 2.30. The number of hydrogen-bond donors (Lipinski definition) is 2. The van der Waals surface area contributed by atoms with Crippen LogP contribution in [-0.4, -0.2) is 27.5 Å². The molecule has 0 saturated heterocycles. The van der Waals surface area contributed by atoms with E-state index in [9.17, 15) is 14.9 Å². The van der Waals surface area contributed by atoms with Gasteiger partial charge >= 0.3 is 0 Å². The Morgan fingerprint density at radius 1 is 1.20 bits per heavy atom. The van der Waals surface area contributed by atoms with Crippen LogP contribution in [0.15, 0.2) is 47.0 Å². The molecule has 0 saturated carbocycles. The summed E-state index contributed by atoms with van der Waals surface area (Å²) in [7, 11) is 0. The average molecular weight is 409 g/mol.